The van der Waals surface area contributed by atoms with E-state index < -0.39 is 6.04 Å². The normalized spacial score (nSPS) is 16.9. The zero-order chi connectivity index (χ0) is 24.4. The monoisotopic (exact) mass is 630 g/mol. The minimum absolute atomic E-state index is 0.251. The molecule has 0 spiro atoms. The van der Waals surface area contributed by atoms with Crippen LogP contribution < -0.4 is 9.47 Å². The second kappa shape index (κ2) is 10.8. The van der Waals surface area contributed by atoms with Crippen molar-refractivity contribution in [3.8, 4) is 11.5 Å². The van der Waals surface area contributed by atoms with Gasteiger partial charge in [0, 0.05) is 21.8 Å². The Balaban J connectivity index is 1.71. The molecule has 6 nitrogen and oxygen atoms in total. The average Bonchev–Trinajstić information content (AvgIpc) is 3.26. The van der Waals surface area contributed by atoms with Gasteiger partial charge in [0.25, 0.3) is 0 Å². The largest absolute Gasteiger partial charge is 0.493 e. The molecule has 2 aromatic rings. The van der Waals surface area contributed by atoms with Crippen molar-refractivity contribution in [1.82, 2.24) is 4.90 Å². The van der Waals surface area contributed by atoms with Gasteiger partial charge in [0.05, 0.1) is 34.6 Å². The van der Waals surface area contributed by atoms with Crippen molar-refractivity contribution in [2.45, 2.75) is 26.5 Å². The fraction of sp³-hybridized carbons (Fsp3) is 0.250. The van der Waals surface area contributed by atoms with Gasteiger partial charge in [-0.3, -0.25) is 0 Å². The topological polar surface area (TPSA) is 60.4 Å². The molecule has 1 atom stereocenters. The minimum atomic E-state index is -0.403. The van der Waals surface area contributed by atoms with Gasteiger partial charge in [-0.05, 0) is 71.7 Å². The summed E-state index contributed by atoms with van der Waals surface area (Å²) in [5.74, 6) is 0.754. The molecule has 2 aliphatic rings. The number of ether oxygens (including phenoxy) is 3. The molecular formula is C24H21Cl2IN2O4S. The summed E-state index contributed by atoms with van der Waals surface area (Å²) in [6, 6.07) is 8.75. The lowest BCUT2D eigenvalue weighted by Crippen LogP contribution is -2.34. The third-order valence-electron chi connectivity index (χ3n) is 5.27. The Labute approximate surface area is 226 Å². The molecule has 2 aliphatic heterocycles. The zero-order valence-electron chi connectivity index (χ0n) is 18.6. The van der Waals surface area contributed by atoms with Crippen LogP contribution in [0.1, 0.15) is 31.0 Å². The molecule has 178 valence electrons. The molecule has 10 heteroatoms. The number of rotatable bonds is 7. The first-order valence-corrected chi connectivity index (χ1v) is 13.1. The number of carbonyl (C=O) groups excluding carboxylic acids is 1. The third-order valence-corrected chi connectivity index (χ3v) is 7.43. The van der Waals surface area contributed by atoms with Crippen molar-refractivity contribution in [2.75, 3.05) is 13.7 Å². The summed E-state index contributed by atoms with van der Waals surface area (Å²) in [5, 5.41) is 3.85. The Kier molecular flexibility index (Phi) is 8.01. The Morgan fingerprint density at radius 2 is 2.06 bits per heavy atom. The van der Waals surface area contributed by atoms with Gasteiger partial charge in [-0.1, -0.05) is 41.0 Å². The van der Waals surface area contributed by atoms with Gasteiger partial charge in [-0.25, -0.2) is 9.79 Å². The zero-order valence-corrected chi connectivity index (χ0v) is 23.1. The van der Waals surface area contributed by atoms with E-state index >= 15 is 0 Å². The smallest absolute Gasteiger partial charge is 0.338 e. The van der Waals surface area contributed by atoms with Gasteiger partial charge in [-0.15, -0.1) is 0 Å². The van der Waals surface area contributed by atoms with Crippen molar-refractivity contribution in [2.24, 2.45) is 4.99 Å². The first kappa shape index (κ1) is 25.2. The van der Waals surface area contributed by atoms with Gasteiger partial charge in [0.2, 0.25) is 0 Å². The van der Waals surface area contributed by atoms with E-state index in [1.54, 1.807) is 26.2 Å². The maximum atomic E-state index is 12.9. The Morgan fingerprint density at radius 3 is 2.76 bits per heavy atom. The predicted octanol–water partition coefficient (Wildman–Crippen LogP) is 6.95. The number of halogens is 3. The number of nitrogens with zero attached hydrogens (tertiary/aromatic N) is 2. The first-order valence-electron chi connectivity index (χ1n) is 10.4. The molecular weight excluding hydrogens is 610 g/mol. The van der Waals surface area contributed by atoms with Crippen LogP contribution in [0.5, 0.6) is 11.5 Å². The van der Waals surface area contributed by atoms with Crippen LogP contribution in [0.2, 0.25) is 10.0 Å². The molecule has 0 radical (unpaired) electrons. The highest BCUT2D eigenvalue weighted by atomic mass is 127. The number of hydrogen-bond donors (Lipinski definition) is 0. The van der Waals surface area contributed by atoms with E-state index in [0.29, 0.717) is 32.8 Å². The van der Waals surface area contributed by atoms with Crippen LogP contribution in [0.4, 0.5) is 0 Å². The highest BCUT2D eigenvalue weighted by molar-refractivity contribution is 14.1. The minimum Gasteiger partial charge on any atom is -0.493 e. The van der Waals surface area contributed by atoms with Gasteiger partial charge < -0.3 is 19.1 Å². The van der Waals surface area contributed by atoms with Crippen molar-refractivity contribution in [3.63, 3.8) is 0 Å². The molecule has 0 bridgehead atoms. The highest BCUT2D eigenvalue weighted by Gasteiger charge is 2.38. The Morgan fingerprint density at radius 1 is 1.26 bits per heavy atom. The summed E-state index contributed by atoms with van der Waals surface area (Å²) in [5.41, 5.74) is 2.80. The molecule has 0 saturated heterocycles. The fourth-order valence-electron chi connectivity index (χ4n) is 3.72. The number of hydrogen-bond acceptors (Lipinski definition) is 7. The van der Waals surface area contributed by atoms with E-state index in [1.807, 2.05) is 41.6 Å². The highest BCUT2D eigenvalue weighted by Crippen LogP contribution is 2.44. The van der Waals surface area contributed by atoms with E-state index in [9.17, 15) is 4.79 Å². The molecule has 0 aromatic heterocycles. The molecule has 0 unspecified atom stereocenters. The van der Waals surface area contributed by atoms with Gasteiger partial charge in [0.1, 0.15) is 6.61 Å². The number of benzene rings is 2. The number of thioether (sulfide) groups is 1. The summed E-state index contributed by atoms with van der Waals surface area (Å²) in [6.45, 7) is 4.15. The average molecular weight is 631 g/mol. The SMILES string of the molecule is CCOC(=O)C1=C(C)N=C2SC=CN2[C@@H]1c1cc(I)c(OCc2ccc(Cl)cc2Cl)c(OC)c1. The van der Waals surface area contributed by atoms with Crippen LogP contribution in [0.25, 0.3) is 0 Å². The second-order valence-electron chi connectivity index (χ2n) is 7.39. The van der Waals surface area contributed by atoms with Crippen molar-refractivity contribution in [3.05, 3.63) is 78.0 Å². The first-order chi connectivity index (χ1) is 16.3. The molecule has 2 heterocycles. The van der Waals surface area contributed by atoms with Crippen molar-refractivity contribution < 1.29 is 19.0 Å². The molecule has 2 aromatic carbocycles. The predicted molar refractivity (Wildman–Crippen MR) is 145 cm³/mol. The number of allylic oxidation sites excluding steroid dienone is 1. The van der Waals surface area contributed by atoms with Crippen LogP contribution >= 0.6 is 57.6 Å². The lowest BCUT2D eigenvalue weighted by atomic mass is 9.94. The maximum Gasteiger partial charge on any atom is 0.338 e. The van der Waals surface area contributed by atoms with Gasteiger partial charge in [-0.2, -0.15) is 0 Å². The van der Waals surface area contributed by atoms with Crippen LogP contribution in [0, 0.1) is 3.57 Å². The number of methoxy groups -OCH3 is 1. The van der Waals surface area contributed by atoms with E-state index in [2.05, 4.69) is 27.6 Å². The van der Waals surface area contributed by atoms with Crippen molar-refractivity contribution in [1.29, 1.82) is 0 Å². The molecule has 0 N–H and O–H groups in total. The van der Waals surface area contributed by atoms with Crippen molar-refractivity contribution >= 4 is 68.7 Å². The summed E-state index contributed by atoms with van der Waals surface area (Å²) in [7, 11) is 1.59. The Bertz CT molecular complexity index is 1230. The standard InChI is InChI=1S/C24H21Cl2IN2O4S/c1-4-32-23(30)20-13(2)28-24-29(7-8-34-24)21(20)15-9-18(27)22(19(10-15)31-3)33-12-14-5-6-16(25)11-17(14)26/h5-11,21H,4,12H2,1-3H3/t21-/m1/s1. The number of carbonyl (C=O) groups is 1. The second-order valence-corrected chi connectivity index (χ2v) is 10.3. The Hall–Kier alpha value is -1.88. The molecule has 0 amide bonds. The molecule has 34 heavy (non-hydrogen) atoms. The molecule has 0 fully saturated rings. The van der Waals surface area contributed by atoms with Gasteiger partial charge >= 0.3 is 5.97 Å². The van der Waals surface area contributed by atoms with E-state index in [1.165, 1.54) is 11.8 Å². The quantitative estimate of drug-likeness (QED) is 0.244. The maximum absolute atomic E-state index is 12.9. The van der Waals surface area contributed by atoms with Crippen LogP contribution in [0.3, 0.4) is 0 Å². The summed E-state index contributed by atoms with van der Waals surface area (Å²) >= 11 is 16.0. The number of esters is 1. The molecule has 0 saturated carbocycles. The third kappa shape index (κ3) is 5.05. The van der Waals surface area contributed by atoms with Crippen LogP contribution in [-0.2, 0) is 16.1 Å². The van der Waals surface area contributed by atoms with Gasteiger partial charge in [0.15, 0.2) is 16.7 Å². The number of amidine groups is 1. The lowest BCUT2D eigenvalue weighted by Gasteiger charge is -2.33. The van der Waals surface area contributed by atoms with E-state index in [4.69, 9.17) is 37.4 Å². The van der Waals surface area contributed by atoms with E-state index in [0.717, 1.165) is 19.9 Å². The summed E-state index contributed by atoms with van der Waals surface area (Å²) in [6.07, 6.45) is 1.92. The van der Waals surface area contributed by atoms with E-state index in [-0.39, 0.29) is 19.2 Å². The van der Waals surface area contributed by atoms with Crippen LogP contribution in [-0.4, -0.2) is 29.8 Å². The number of fused-ring (bicyclic) bond motifs is 1. The number of aliphatic imine (C=N–C) groups is 1. The van der Waals surface area contributed by atoms with Crippen LogP contribution in [0.15, 0.2) is 58.2 Å². The molecule has 0 aliphatic carbocycles. The summed E-state index contributed by atoms with van der Waals surface area (Å²) < 4.78 is 18.0. The fourth-order valence-corrected chi connectivity index (χ4v) is 5.76. The molecule has 4 rings (SSSR count). The lowest BCUT2D eigenvalue weighted by molar-refractivity contribution is -0.139. The summed E-state index contributed by atoms with van der Waals surface area (Å²) in [4.78, 5) is 19.5.